The van der Waals surface area contributed by atoms with E-state index in [0.29, 0.717) is 32.7 Å². The van der Waals surface area contributed by atoms with Gasteiger partial charge in [0, 0.05) is 29.5 Å². The van der Waals surface area contributed by atoms with E-state index < -0.39 is 11.9 Å². The average molecular weight is 621 g/mol. The fourth-order valence-electron chi connectivity index (χ4n) is 6.28. The number of aryl methyl sites for hydroxylation is 2. The summed E-state index contributed by atoms with van der Waals surface area (Å²) < 4.78 is 0. The van der Waals surface area contributed by atoms with Gasteiger partial charge in [0.1, 0.15) is 0 Å². The van der Waals surface area contributed by atoms with Gasteiger partial charge in [-0.05, 0) is 81.4 Å². The van der Waals surface area contributed by atoms with Crippen molar-refractivity contribution in [2.24, 2.45) is 0 Å². The molecule has 0 aromatic heterocycles. The highest BCUT2D eigenvalue weighted by atomic mass is 16.4. The summed E-state index contributed by atoms with van der Waals surface area (Å²) >= 11 is 0. The molecule has 0 amide bonds. The van der Waals surface area contributed by atoms with Crippen LogP contribution >= 0.6 is 0 Å². The Labute approximate surface area is 271 Å². The number of ketones is 2. The van der Waals surface area contributed by atoms with Crippen molar-refractivity contribution in [2.45, 2.75) is 33.6 Å². The van der Waals surface area contributed by atoms with Crippen molar-refractivity contribution in [3.8, 4) is 22.3 Å². The van der Waals surface area contributed by atoms with E-state index in [1.165, 1.54) is 12.1 Å². The van der Waals surface area contributed by atoms with E-state index >= 15 is 0 Å². The molecule has 6 heteroatoms. The van der Waals surface area contributed by atoms with Crippen molar-refractivity contribution in [1.29, 1.82) is 0 Å². The van der Waals surface area contributed by atoms with Gasteiger partial charge in [-0.1, -0.05) is 97.4 Å². The summed E-state index contributed by atoms with van der Waals surface area (Å²) in [5.41, 5.74) is 5.67. The molecular formula is C41H32O6. The molecule has 6 aromatic rings. The highest BCUT2D eigenvalue weighted by Crippen LogP contribution is 2.41. The molecule has 6 aromatic carbocycles. The zero-order valence-corrected chi connectivity index (χ0v) is 26.3. The number of carboxylic acid groups (broad SMARTS) is 2. The molecule has 0 atom stereocenters. The first-order chi connectivity index (χ1) is 22.5. The number of carboxylic acids is 2. The molecule has 0 saturated carbocycles. The number of rotatable bonds is 9. The molecule has 47 heavy (non-hydrogen) atoms. The van der Waals surface area contributed by atoms with E-state index in [1.54, 1.807) is 25.1 Å². The quantitative estimate of drug-likeness (QED) is 0.156. The second-order valence-corrected chi connectivity index (χ2v) is 11.9. The Kier molecular flexibility index (Phi) is 8.27. The SMILES string of the molecule is CCC(=O)c1c(C(=O)O)cc2ccccc2c1-c1cc(C)cc2cc(C(=O)O)c(C(=O)Cc3ccc(-c4ccc(C)cc4)cc3)cc12. The van der Waals surface area contributed by atoms with Crippen molar-refractivity contribution in [2.75, 3.05) is 0 Å². The van der Waals surface area contributed by atoms with Gasteiger partial charge in [0.05, 0.1) is 11.1 Å². The summed E-state index contributed by atoms with van der Waals surface area (Å²) in [4.78, 5) is 52.3. The number of fused-ring (bicyclic) bond motifs is 2. The standard InChI is InChI=1S/C41H32O6/c1-4-36(42)39-35(41(46)47)20-28-7-5-6-8-30(28)38(39)33-18-24(3)17-29-21-34(40(44)45)32(22-31(29)33)37(43)19-25-11-15-27(16-12-25)26-13-9-23(2)10-14-26/h5-18,20-22H,4,19H2,1-3H3,(H,44,45)(H,46,47). The summed E-state index contributed by atoms with van der Waals surface area (Å²) in [7, 11) is 0. The summed E-state index contributed by atoms with van der Waals surface area (Å²) in [5.74, 6) is -3.14. The monoisotopic (exact) mass is 620 g/mol. The van der Waals surface area contributed by atoms with E-state index in [2.05, 4.69) is 0 Å². The van der Waals surface area contributed by atoms with E-state index in [0.717, 1.165) is 27.8 Å². The molecule has 6 rings (SSSR count). The normalized spacial score (nSPS) is 11.1. The lowest BCUT2D eigenvalue weighted by Gasteiger charge is -2.19. The molecule has 0 heterocycles. The molecule has 0 aliphatic rings. The fraction of sp³-hybridized carbons (Fsp3) is 0.122. The van der Waals surface area contributed by atoms with Crippen LogP contribution in [-0.4, -0.2) is 33.7 Å². The number of Topliss-reactive ketones (excluding diaryl/α,β-unsaturated/α-hetero) is 2. The molecule has 6 nitrogen and oxygen atoms in total. The third-order valence-electron chi connectivity index (χ3n) is 8.62. The molecule has 0 bridgehead atoms. The Morgan fingerprint density at radius 1 is 0.574 bits per heavy atom. The van der Waals surface area contributed by atoms with Crippen LogP contribution in [0.5, 0.6) is 0 Å². The Balaban J connectivity index is 1.54. The van der Waals surface area contributed by atoms with Gasteiger partial charge < -0.3 is 10.2 Å². The first kappa shape index (κ1) is 31.1. The Hall–Kier alpha value is -5.88. The highest BCUT2D eigenvalue weighted by Gasteiger charge is 2.26. The maximum absolute atomic E-state index is 13.9. The van der Waals surface area contributed by atoms with Crippen LogP contribution in [0.25, 0.3) is 43.8 Å². The van der Waals surface area contributed by atoms with Crippen LogP contribution in [0.1, 0.15) is 71.5 Å². The zero-order valence-electron chi connectivity index (χ0n) is 26.3. The minimum absolute atomic E-state index is 0.0157. The third kappa shape index (κ3) is 5.93. The lowest BCUT2D eigenvalue weighted by Crippen LogP contribution is -2.12. The van der Waals surface area contributed by atoms with Crippen LogP contribution in [0.15, 0.2) is 103 Å². The molecule has 0 spiro atoms. The minimum atomic E-state index is -1.23. The van der Waals surface area contributed by atoms with Gasteiger partial charge in [-0.15, -0.1) is 0 Å². The van der Waals surface area contributed by atoms with Gasteiger partial charge in [-0.25, -0.2) is 9.59 Å². The van der Waals surface area contributed by atoms with Gasteiger partial charge in [0.25, 0.3) is 0 Å². The molecule has 0 aliphatic carbocycles. The highest BCUT2D eigenvalue weighted by molar-refractivity contribution is 6.20. The van der Waals surface area contributed by atoms with Gasteiger partial charge in [-0.3, -0.25) is 9.59 Å². The van der Waals surface area contributed by atoms with Crippen molar-refractivity contribution in [1.82, 2.24) is 0 Å². The summed E-state index contributed by atoms with van der Waals surface area (Å²) in [6.45, 7) is 5.57. The predicted octanol–water partition coefficient (Wildman–Crippen LogP) is 9.36. The van der Waals surface area contributed by atoms with Gasteiger partial charge in [0.2, 0.25) is 0 Å². The molecular weight excluding hydrogens is 588 g/mol. The Bertz CT molecular complexity index is 2240. The van der Waals surface area contributed by atoms with Gasteiger partial charge >= 0.3 is 11.9 Å². The number of aromatic carboxylic acids is 2. The maximum Gasteiger partial charge on any atom is 0.336 e. The van der Waals surface area contributed by atoms with Crippen molar-refractivity contribution < 1.29 is 29.4 Å². The largest absolute Gasteiger partial charge is 0.478 e. The maximum atomic E-state index is 13.9. The lowest BCUT2D eigenvalue weighted by atomic mass is 9.83. The predicted molar refractivity (Wildman–Crippen MR) is 185 cm³/mol. The summed E-state index contributed by atoms with van der Waals surface area (Å²) in [6, 6.07) is 31.3. The Morgan fingerprint density at radius 3 is 1.83 bits per heavy atom. The number of carbonyl (C=O) groups excluding carboxylic acids is 2. The fourth-order valence-corrected chi connectivity index (χ4v) is 6.28. The Morgan fingerprint density at radius 2 is 1.19 bits per heavy atom. The van der Waals surface area contributed by atoms with Gasteiger partial charge in [-0.2, -0.15) is 0 Å². The van der Waals surface area contributed by atoms with E-state index in [1.807, 2.05) is 86.6 Å². The smallest absolute Gasteiger partial charge is 0.336 e. The van der Waals surface area contributed by atoms with Crippen LogP contribution in [0, 0.1) is 13.8 Å². The zero-order chi connectivity index (χ0) is 33.4. The van der Waals surface area contributed by atoms with Crippen LogP contribution in [0.2, 0.25) is 0 Å². The minimum Gasteiger partial charge on any atom is -0.478 e. The van der Waals surface area contributed by atoms with Crippen molar-refractivity contribution in [3.63, 3.8) is 0 Å². The summed E-state index contributed by atoms with van der Waals surface area (Å²) in [5, 5.41) is 22.8. The lowest BCUT2D eigenvalue weighted by molar-refractivity contribution is 0.0683. The average Bonchev–Trinajstić information content (AvgIpc) is 3.06. The van der Waals surface area contributed by atoms with E-state index in [-0.39, 0.29) is 46.7 Å². The first-order valence-corrected chi connectivity index (χ1v) is 15.4. The summed E-state index contributed by atoms with van der Waals surface area (Å²) in [6.07, 6.45) is 0.0725. The first-order valence-electron chi connectivity index (χ1n) is 15.4. The number of hydrogen-bond acceptors (Lipinski definition) is 4. The van der Waals surface area contributed by atoms with Crippen LogP contribution < -0.4 is 0 Å². The molecule has 0 radical (unpaired) electrons. The molecule has 2 N–H and O–H groups in total. The third-order valence-corrected chi connectivity index (χ3v) is 8.62. The molecule has 0 aliphatic heterocycles. The second kappa shape index (κ2) is 12.5. The number of carbonyl (C=O) groups is 4. The van der Waals surface area contributed by atoms with E-state index in [4.69, 9.17) is 0 Å². The molecule has 0 unspecified atom stereocenters. The van der Waals surface area contributed by atoms with Crippen LogP contribution in [0.3, 0.4) is 0 Å². The second-order valence-electron chi connectivity index (χ2n) is 11.9. The van der Waals surface area contributed by atoms with Crippen LogP contribution in [0.4, 0.5) is 0 Å². The van der Waals surface area contributed by atoms with Crippen molar-refractivity contribution >= 4 is 45.0 Å². The molecule has 0 fully saturated rings. The number of benzene rings is 6. The van der Waals surface area contributed by atoms with E-state index in [9.17, 15) is 29.4 Å². The number of hydrogen-bond donors (Lipinski definition) is 2. The molecule has 232 valence electrons. The van der Waals surface area contributed by atoms with Crippen LogP contribution in [-0.2, 0) is 6.42 Å². The van der Waals surface area contributed by atoms with Gasteiger partial charge in [0.15, 0.2) is 11.6 Å². The topological polar surface area (TPSA) is 109 Å². The molecule has 0 saturated heterocycles. The van der Waals surface area contributed by atoms with Crippen molar-refractivity contribution in [3.05, 3.63) is 142 Å².